The first kappa shape index (κ1) is 21.9. The van der Waals surface area contributed by atoms with Crippen molar-refractivity contribution in [3.63, 3.8) is 0 Å². The number of carbonyl (C=O) groups excluding carboxylic acids is 2. The minimum Gasteiger partial charge on any atom is -0.324 e. The van der Waals surface area contributed by atoms with E-state index in [1.165, 1.54) is 0 Å². The molecule has 1 aliphatic rings. The molecule has 2 aromatic carbocycles. The third-order valence-electron chi connectivity index (χ3n) is 5.41. The number of aryl methyl sites for hydroxylation is 1. The van der Waals surface area contributed by atoms with E-state index in [1.807, 2.05) is 69.0 Å². The highest BCUT2D eigenvalue weighted by molar-refractivity contribution is 6.01. The Labute approximate surface area is 180 Å². The van der Waals surface area contributed by atoms with Crippen LogP contribution in [0.15, 0.2) is 48.5 Å². The van der Waals surface area contributed by atoms with Gasteiger partial charge in [0.1, 0.15) is 0 Å². The first-order valence-corrected chi connectivity index (χ1v) is 10.7. The second kappa shape index (κ2) is 8.90. The number of benzene rings is 2. The van der Waals surface area contributed by atoms with E-state index in [0.717, 1.165) is 29.8 Å². The molecule has 1 N–H and O–H groups in total. The molecule has 1 aliphatic heterocycles. The summed E-state index contributed by atoms with van der Waals surface area (Å²) in [6.07, 6.45) is 1.30. The van der Waals surface area contributed by atoms with Gasteiger partial charge in [0.15, 0.2) is 0 Å². The van der Waals surface area contributed by atoms with E-state index in [2.05, 4.69) is 24.4 Å². The van der Waals surface area contributed by atoms with Crippen molar-refractivity contribution in [3.8, 4) is 0 Å². The Bertz CT molecular complexity index is 902. The predicted molar refractivity (Wildman–Crippen MR) is 123 cm³/mol. The summed E-state index contributed by atoms with van der Waals surface area (Å²) in [5.41, 5.74) is 3.53. The molecule has 2 aromatic rings. The van der Waals surface area contributed by atoms with Gasteiger partial charge in [0.2, 0.25) is 5.91 Å². The summed E-state index contributed by atoms with van der Waals surface area (Å²) < 4.78 is 0. The topological polar surface area (TPSA) is 52.6 Å². The summed E-state index contributed by atoms with van der Waals surface area (Å²) in [5.74, 6) is -0.0340. The van der Waals surface area contributed by atoms with Crippen LogP contribution in [-0.2, 0) is 4.79 Å². The van der Waals surface area contributed by atoms with Crippen LogP contribution in [0.4, 0.5) is 16.2 Å². The van der Waals surface area contributed by atoms with Gasteiger partial charge in [-0.25, -0.2) is 4.79 Å². The Hall–Kier alpha value is -2.82. The first-order valence-electron chi connectivity index (χ1n) is 10.7. The highest BCUT2D eigenvalue weighted by Gasteiger charge is 2.32. The van der Waals surface area contributed by atoms with Crippen LogP contribution in [0, 0.1) is 12.3 Å². The van der Waals surface area contributed by atoms with E-state index < -0.39 is 0 Å². The Kier molecular flexibility index (Phi) is 6.49. The minimum atomic E-state index is -0.100. The molecule has 5 nitrogen and oxygen atoms in total. The van der Waals surface area contributed by atoms with Gasteiger partial charge in [0.05, 0.1) is 17.4 Å². The molecule has 1 saturated heterocycles. The van der Waals surface area contributed by atoms with Crippen molar-refractivity contribution in [2.75, 3.05) is 23.3 Å². The lowest BCUT2D eigenvalue weighted by Crippen LogP contribution is -2.50. The lowest BCUT2D eigenvalue weighted by atomic mass is 9.92. The molecule has 0 radical (unpaired) electrons. The molecule has 3 amide bonds. The van der Waals surface area contributed by atoms with Crippen molar-refractivity contribution in [1.29, 1.82) is 0 Å². The molecular formula is C25H33N3O2. The van der Waals surface area contributed by atoms with Crippen LogP contribution < -0.4 is 10.2 Å². The zero-order valence-electron chi connectivity index (χ0n) is 18.7. The average Bonchev–Trinajstić information content (AvgIpc) is 2.67. The summed E-state index contributed by atoms with van der Waals surface area (Å²) in [5, 5.41) is 3.05. The summed E-state index contributed by atoms with van der Waals surface area (Å²) in [7, 11) is 0. The number of urea groups is 1. The molecule has 0 bridgehead atoms. The fraction of sp³-hybridized carbons (Fsp3) is 0.440. The van der Waals surface area contributed by atoms with Gasteiger partial charge in [-0.15, -0.1) is 0 Å². The van der Waals surface area contributed by atoms with Crippen molar-refractivity contribution >= 4 is 23.3 Å². The number of rotatable bonds is 5. The van der Waals surface area contributed by atoms with Gasteiger partial charge in [-0.3, -0.25) is 9.69 Å². The van der Waals surface area contributed by atoms with Gasteiger partial charge >= 0.3 is 6.03 Å². The van der Waals surface area contributed by atoms with Gasteiger partial charge in [-0.05, 0) is 48.9 Å². The van der Waals surface area contributed by atoms with Gasteiger partial charge in [0, 0.05) is 19.5 Å². The van der Waals surface area contributed by atoms with Gasteiger partial charge in [0.25, 0.3) is 0 Å². The molecule has 1 heterocycles. The monoisotopic (exact) mass is 407 g/mol. The Morgan fingerprint density at radius 3 is 2.47 bits per heavy atom. The Morgan fingerprint density at radius 1 is 1.10 bits per heavy atom. The highest BCUT2D eigenvalue weighted by Crippen LogP contribution is 2.33. The maximum Gasteiger partial charge on any atom is 0.325 e. The Morgan fingerprint density at radius 2 is 1.80 bits per heavy atom. The lowest BCUT2D eigenvalue weighted by molar-refractivity contribution is -0.117. The summed E-state index contributed by atoms with van der Waals surface area (Å²) in [6.45, 7) is 11.6. The molecule has 0 aromatic heterocycles. The van der Waals surface area contributed by atoms with E-state index >= 15 is 0 Å². The van der Waals surface area contributed by atoms with Crippen LogP contribution in [0.25, 0.3) is 0 Å². The number of nitrogens with one attached hydrogen (secondary N) is 1. The molecule has 0 spiro atoms. The van der Waals surface area contributed by atoms with E-state index in [1.54, 1.807) is 4.90 Å². The summed E-state index contributed by atoms with van der Waals surface area (Å²) in [4.78, 5) is 29.7. The van der Waals surface area contributed by atoms with E-state index in [0.29, 0.717) is 18.7 Å². The number of hydrogen-bond donors (Lipinski definition) is 1. The molecule has 5 heteroatoms. The van der Waals surface area contributed by atoms with Crippen molar-refractivity contribution < 1.29 is 9.59 Å². The fourth-order valence-corrected chi connectivity index (χ4v) is 3.90. The van der Waals surface area contributed by atoms with Crippen LogP contribution in [0.3, 0.4) is 0 Å². The van der Waals surface area contributed by atoms with Gasteiger partial charge in [-0.2, -0.15) is 0 Å². The molecule has 1 unspecified atom stereocenters. The standard InChI is InChI=1S/C25H33N3O2/c1-18-12-13-22(21(16-18)26-23(29)17-25(3,4)5)28-15-9-14-27(24(28)30)19(2)20-10-7-6-8-11-20/h6-8,10-13,16,19H,9,14-15,17H2,1-5H3,(H,26,29). The van der Waals surface area contributed by atoms with Crippen molar-refractivity contribution in [3.05, 3.63) is 59.7 Å². The third-order valence-corrected chi connectivity index (χ3v) is 5.41. The maximum absolute atomic E-state index is 13.4. The third kappa shape index (κ3) is 5.21. The van der Waals surface area contributed by atoms with Crippen LogP contribution in [0.2, 0.25) is 0 Å². The number of hydrogen-bond acceptors (Lipinski definition) is 2. The highest BCUT2D eigenvalue weighted by atomic mass is 16.2. The molecule has 1 fully saturated rings. The second-order valence-electron chi connectivity index (χ2n) is 9.37. The van der Waals surface area contributed by atoms with Crippen LogP contribution in [-0.4, -0.2) is 29.9 Å². The predicted octanol–water partition coefficient (Wildman–Crippen LogP) is 5.76. The van der Waals surface area contributed by atoms with E-state index in [9.17, 15) is 9.59 Å². The van der Waals surface area contributed by atoms with Crippen molar-refractivity contribution in [2.45, 2.75) is 53.5 Å². The van der Waals surface area contributed by atoms with Crippen LogP contribution in [0.1, 0.15) is 57.7 Å². The summed E-state index contributed by atoms with van der Waals surface area (Å²) in [6, 6.07) is 15.9. The average molecular weight is 408 g/mol. The smallest absolute Gasteiger partial charge is 0.324 e. The Balaban J connectivity index is 1.86. The van der Waals surface area contributed by atoms with Crippen LogP contribution in [0.5, 0.6) is 0 Å². The van der Waals surface area contributed by atoms with Gasteiger partial charge < -0.3 is 10.2 Å². The van der Waals surface area contributed by atoms with Gasteiger partial charge in [-0.1, -0.05) is 57.2 Å². The molecule has 30 heavy (non-hydrogen) atoms. The van der Waals surface area contributed by atoms with E-state index in [4.69, 9.17) is 0 Å². The number of nitrogens with zero attached hydrogens (tertiary/aromatic N) is 2. The molecule has 3 rings (SSSR count). The maximum atomic E-state index is 13.4. The summed E-state index contributed by atoms with van der Waals surface area (Å²) >= 11 is 0. The number of amides is 3. The second-order valence-corrected chi connectivity index (χ2v) is 9.37. The largest absolute Gasteiger partial charge is 0.325 e. The zero-order valence-corrected chi connectivity index (χ0v) is 18.7. The van der Waals surface area contributed by atoms with Crippen molar-refractivity contribution in [1.82, 2.24) is 4.90 Å². The lowest BCUT2D eigenvalue weighted by Gasteiger charge is -2.39. The number of anilines is 2. The quantitative estimate of drug-likeness (QED) is 0.685. The molecule has 1 atom stereocenters. The first-order chi connectivity index (χ1) is 14.2. The molecule has 0 aliphatic carbocycles. The molecule has 0 saturated carbocycles. The van der Waals surface area contributed by atoms with E-state index in [-0.39, 0.29) is 23.4 Å². The molecule has 160 valence electrons. The SMILES string of the molecule is Cc1ccc(N2CCCN(C(C)c3ccccc3)C2=O)c(NC(=O)CC(C)(C)C)c1. The minimum absolute atomic E-state index is 0.00844. The normalized spacial score (nSPS) is 15.8. The van der Waals surface area contributed by atoms with Crippen molar-refractivity contribution in [2.24, 2.45) is 5.41 Å². The molecular weight excluding hydrogens is 374 g/mol. The van der Waals surface area contributed by atoms with Crippen LogP contribution >= 0.6 is 0 Å². The zero-order chi connectivity index (χ0) is 21.9. The number of carbonyl (C=O) groups is 2. The fourth-order valence-electron chi connectivity index (χ4n) is 3.90.